The summed E-state index contributed by atoms with van der Waals surface area (Å²) >= 11 is 1.69. The molecule has 1 heterocycles. The van der Waals surface area contributed by atoms with E-state index in [9.17, 15) is 4.79 Å². The number of hydrogen-bond acceptors (Lipinski definition) is 4. The molecule has 0 unspecified atom stereocenters. The summed E-state index contributed by atoms with van der Waals surface area (Å²) in [5.74, 6) is 0.674. The maximum Gasteiger partial charge on any atom is 0.319 e. The van der Waals surface area contributed by atoms with Gasteiger partial charge in [0.15, 0.2) is 0 Å². The fraction of sp³-hybridized carbons (Fsp3) is 0.353. The van der Waals surface area contributed by atoms with E-state index in [0.29, 0.717) is 24.6 Å². The topological polar surface area (TPSA) is 53.6 Å². The van der Waals surface area contributed by atoms with E-state index in [1.165, 1.54) is 4.88 Å². The second-order valence-electron chi connectivity index (χ2n) is 5.26. The maximum absolute atomic E-state index is 12.2. The fourth-order valence-electron chi connectivity index (χ4n) is 2.23. The van der Waals surface area contributed by atoms with Crippen LogP contribution in [0.3, 0.4) is 0 Å². The van der Waals surface area contributed by atoms with E-state index in [1.54, 1.807) is 11.3 Å². The molecule has 0 saturated heterocycles. The smallest absolute Gasteiger partial charge is 0.319 e. The molecular formula is C17H23N3O2S. The minimum atomic E-state index is -0.236. The average molecular weight is 333 g/mol. The quantitative estimate of drug-likeness (QED) is 0.814. The molecule has 1 aromatic carbocycles. The molecule has 0 saturated carbocycles. The van der Waals surface area contributed by atoms with Crippen LogP contribution in [-0.4, -0.2) is 38.2 Å². The van der Waals surface area contributed by atoms with Gasteiger partial charge in [0, 0.05) is 11.4 Å². The number of amides is 2. The molecule has 2 aromatic rings. The molecule has 0 aliphatic heterocycles. The largest absolute Gasteiger partial charge is 0.492 e. The predicted octanol–water partition coefficient (Wildman–Crippen LogP) is 3.57. The summed E-state index contributed by atoms with van der Waals surface area (Å²) in [6.07, 6.45) is 0. The first-order valence-electron chi connectivity index (χ1n) is 7.58. The molecule has 0 aliphatic carbocycles. The molecule has 1 aromatic heterocycles. The number of rotatable bonds is 7. The van der Waals surface area contributed by atoms with E-state index >= 15 is 0 Å². The molecule has 0 radical (unpaired) electrons. The number of likely N-dealkylation sites (N-methyl/N-ethyl adjacent to an activating group) is 1. The SMILES string of the molecule is CCOc1ccccc1NC(=O)NC[C@@H](c1cccs1)N(C)C. The lowest BCUT2D eigenvalue weighted by Gasteiger charge is -2.23. The molecule has 0 spiro atoms. The number of nitrogens with one attached hydrogen (secondary N) is 2. The first kappa shape index (κ1) is 17.3. The Hall–Kier alpha value is -2.05. The van der Waals surface area contributed by atoms with Gasteiger partial charge in [-0.15, -0.1) is 11.3 Å². The number of carbonyl (C=O) groups is 1. The number of urea groups is 1. The van der Waals surface area contributed by atoms with Gasteiger partial charge in [0.1, 0.15) is 5.75 Å². The molecule has 124 valence electrons. The highest BCUT2D eigenvalue weighted by Gasteiger charge is 2.16. The lowest BCUT2D eigenvalue weighted by atomic mass is 10.2. The van der Waals surface area contributed by atoms with Crippen LogP contribution in [0.1, 0.15) is 17.8 Å². The Bertz CT molecular complexity index is 614. The van der Waals surface area contributed by atoms with E-state index in [-0.39, 0.29) is 12.1 Å². The van der Waals surface area contributed by atoms with E-state index in [2.05, 4.69) is 21.6 Å². The van der Waals surface area contributed by atoms with Gasteiger partial charge in [-0.05, 0) is 44.6 Å². The second kappa shape index (κ2) is 8.55. The third-order valence-corrected chi connectivity index (χ3v) is 4.36. The van der Waals surface area contributed by atoms with Crippen LogP contribution < -0.4 is 15.4 Å². The molecule has 5 nitrogen and oxygen atoms in total. The van der Waals surface area contributed by atoms with Gasteiger partial charge in [-0.25, -0.2) is 4.79 Å². The minimum absolute atomic E-state index is 0.155. The summed E-state index contributed by atoms with van der Waals surface area (Å²) in [6, 6.07) is 11.4. The van der Waals surface area contributed by atoms with Gasteiger partial charge >= 0.3 is 6.03 Å². The summed E-state index contributed by atoms with van der Waals surface area (Å²) in [7, 11) is 4.02. The first-order valence-corrected chi connectivity index (χ1v) is 8.46. The highest BCUT2D eigenvalue weighted by Crippen LogP contribution is 2.24. The Kier molecular flexibility index (Phi) is 6.43. The molecule has 2 rings (SSSR count). The summed E-state index contributed by atoms with van der Waals surface area (Å²) in [5.41, 5.74) is 0.671. The molecule has 23 heavy (non-hydrogen) atoms. The molecule has 0 aliphatic rings. The number of ether oxygens (including phenoxy) is 1. The summed E-state index contributed by atoms with van der Waals surface area (Å²) in [4.78, 5) is 15.5. The van der Waals surface area contributed by atoms with Crippen LogP contribution in [0.2, 0.25) is 0 Å². The third-order valence-electron chi connectivity index (χ3n) is 3.39. The number of carbonyl (C=O) groups excluding carboxylic acids is 1. The highest BCUT2D eigenvalue weighted by atomic mass is 32.1. The minimum Gasteiger partial charge on any atom is -0.492 e. The number of thiophene rings is 1. The van der Waals surface area contributed by atoms with E-state index in [0.717, 1.165) is 0 Å². The zero-order chi connectivity index (χ0) is 16.7. The number of nitrogens with zero attached hydrogens (tertiary/aromatic N) is 1. The van der Waals surface area contributed by atoms with Crippen LogP contribution in [0, 0.1) is 0 Å². The molecule has 2 amide bonds. The van der Waals surface area contributed by atoms with Crippen molar-refractivity contribution in [2.75, 3.05) is 32.6 Å². The van der Waals surface area contributed by atoms with Gasteiger partial charge in [0.25, 0.3) is 0 Å². The second-order valence-corrected chi connectivity index (χ2v) is 6.24. The number of benzene rings is 1. The monoisotopic (exact) mass is 333 g/mol. The highest BCUT2D eigenvalue weighted by molar-refractivity contribution is 7.10. The third kappa shape index (κ3) is 4.97. The van der Waals surface area contributed by atoms with Crippen molar-refractivity contribution in [1.29, 1.82) is 0 Å². The Morgan fingerprint density at radius 3 is 2.70 bits per heavy atom. The molecule has 0 fully saturated rings. The van der Waals surface area contributed by atoms with Gasteiger partial charge in [-0.1, -0.05) is 18.2 Å². The van der Waals surface area contributed by atoms with Crippen LogP contribution >= 0.6 is 11.3 Å². The molecule has 6 heteroatoms. The molecular weight excluding hydrogens is 310 g/mol. The average Bonchev–Trinajstić information content (AvgIpc) is 3.03. The number of anilines is 1. The van der Waals surface area contributed by atoms with Crippen LogP contribution in [0.15, 0.2) is 41.8 Å². The summed E-state index contributed by atoms with van der Waals surface area (Å²) in [5, 5.41) is 7.82. The number of para-hydroxylation sites is 2. The lowest BCUT2D eigenvalue weighted by Crippen LogP contribution is -2.36. The lowest BCUT2D eigenvalue weighted by molar-refractivity contribution is 0.243. The van der Waals surface area contributed by atoms with Gasteiger partial charge in [-0.3, -0.25) is 0 Å². The first-order chi connectivity index (χ1) is 11.1. The maximum atomic E-state index is 12.2. The van der Waals surface area contributed by atoms with E-state index in [4.69, 9.17) is 4.74 Å². The molecule has 1 atom stereocenters. The van der Waals surface area contributed by atoms with Crippen molar-refractivity contribution in [2.24, 2.45) is 0 Å². The van der Waals surface area contributed by atoms with Crippen molar-refractivity contribution in [2.45, 2.75) is 13.0 Å². The summed E-state index contributed by atoms with van der Waals surface area (Å²) in [6.45, 7) is 3.01. The van der Waals surface area contributed by atoms with Gasteiger partial charge in [-0.2, -0.15) is 0 Å². The van der Waals surface area contributed by atoms with Crippen LogP contribution in [-0.2, 0) is 0 Å². The summed E-state index contributed by atoms with van der Waals surface area (Å²) < 4.78 is 5.51. The molecule has 2 N–H and O–H groups in total. The van der Waals surface area contributed by atoms with Crippen molar-refractivity contribution in [3.05, 3.63) is 46.7 Å². The van der Waals surface area contributed by atoms with Crippen molar-refractivity contribution in [3.63, 3.8) is 0 Å². The van der Waals surface area contributed by atoms with Crippen molar-refractivity contribution >= 4 is 23.1 Å². The predicted molar refractivity (Wildman–Crippen MR) is 95.4 cm³/mol. The Labute approximate surface area is 141 Å². The van der Waals surface area contributed by atoms with Crippen LogP contribution in [0.4, 0.5) is 10.5 Å². The fourth-order valence-corrected chi connectivity index (χ4v) is 3.15. The zero-order valence-electron chi connectivity index (χ0n) is 13.7. The van der Waals surface area contributed by atoms with E-state index < -0.39 is 0 Å². The Morgan fingerprint density at radius 2 is 2.04 bits per heavy atom. The van der Waals surface area contributed by atoms with Crippen molar-refractivity contribution in [1.82, 2.24) is 10.2 Å². The Morgan fingerprint density at radius 1 is 1.26 bits per heavy atom. The van der Waals surface area contributed by atoms with Gasteiger partial charge < -0.3 is 20.3 Å². The standard InChI is InChI=1S/C17H23N3O2S/c1-4-22-15-9-6-5-8-13(15)19-17(21)18-12-14(20(2)3)16-10-7-11-23-16/h5-11,14H,4,12H2,1-3H3,(H2,18,19,21)/t14-/m0/s1. The zero-order valence-corrected chi connectivity index (χ0v) is 14.5. The normalized spacial score (nSPS) is 12.0. The van der Waals surface area contributed by atoms with Crippen molar-refractivity contribution < 1.29 is 9.53 Å². The Balaban J connectivity index is 1.94. The number of hydrogen-bond donors (Lipinski definition) is 2. The van der Waals surface area contributed by atoms with Crippen LogP contribution in [0.5, 0.6) is 5.75 Å². The van der Waals surface area contributed by atoms with Gasteiger partial charge in [0.2, 0.25) is 0 Å². The van der Waals surface area contributed by atoms with Crippen LogP contribution in [0.25, 0.3) is 0 Å². The van der Waals surface area contributed by atoms with Crippen molar-refractivity contribution in [3.8, 4) is 5.75 Å². The van der Waals surface area contributed by atoms with E-state index in [1.807, 2.05) is 56.7 Å². The molecule has 0 bridgehead atoms. The van der Waals surface area contributed by atoms with Gasteiger partial charge in [0.05, 0.1) is 18.3 Å².